The summed E-state index contributed by atoms with van der Waals surface area (Å²) in [7, 11) is -1.56. The highest BCUT2D eigenvalue weighted by molar-refractivity contribution is 7.92. The quantitative estimate of drug-likeness (QED) is 0.543. The predicted molar refractivity (Wildman–Crippen MR) is 97.5 cm³/mol. The smallest absolute Gasteiger partial charge is 0.471 e. The van der Waals surface area contributed by atoms with Crippen molar-refractivity contribution in [1.29, 1.82) is 0 Å². The number of rotatable bonds is 5. The molecule has 0 spiro atoms. The van der Waals surface area contributed by atoms with E-state index >= 15 is 0 Å². The fourth-order valence-corrected chi connectivity index (χ4v) is 3.93. The van der Waals surface area contributed by atoms with Crippen LogP contribution in [0.2, 0.25) is 0 Å². The maximum Gasteiger partial charge on any atom is 0.471 e. The Bertz CT molecular complexity index is 1150. The van der Waals surface area contributed by atoms with Crippen LogP contribution in [-0.2, 0) is 21.7 Å². The van der Waals surface area contributed by atoms with Crippen molar-refractivity contribution in [2.75, 3.05) is 13.4 Å². The number of aromatic nitrogens is 2. The Morgan fingerprint density at radius 1 is 1.21 bits per heavy atom. The molecule has 0 amide bonds. The van der Waals surface area contributed by atoms with E-state index in [0.29, 0.717) is 0 Å². The fraction of sp³-hybridized carbons (Fsp3) is 0.222. The molecule has 0 bridgehead atoms. The van der Waals surface area contributed by atoms with Gasteiger partial charge in [-0.3, -0.25) is 0 Å². The molecule has 29 heavy (non-hydrogen) atoms. The van der Waals surface area contributed by atoms with Crippen molar-refractivity contribution < 1.29 is 31.0 Å². The third kappa shape index (κ3) is 4.91. The summed E-state index contributed by atoms with van der Waals surface area (Å²) in [4.78, 5) is 3.31. The lowest BCUT2D eigenvalue weighted by atomic mass is 10.2. The lowest BCUT2D eigenvalue weighted by molar-refractivity contribution is -0.159. The number of nitrogens with zero attached hydrogens (tertiary/aromatic N) is 3. The van der Waals surface area contributed by atoms with Crippen LogP contribution in [0.25, 0.3) is 11.4 Å². The van der Waals surface area contributed by atoms with Crippen molar-refractivity contribution >= 4 is 15.4 Å². The summed E-state index contributed by atoms with van der Waals surface area (Å²) in [6.45, 7) is 0. The topological polar surface area (TPSA) is 77.6 Å². The van der Waals surface area contributed by atoms with E-state index in [4.69, 9.17) is 4.74 Å². The highest BCUT2D eigenvalue weighted by Gasteiger charge is 2.38. The molecule has 0 aliphatic carbocycles. The molecule has 0 N–H and O–H groups in total. The summed E-state index contributed by atoms with van der Waals surface area (Å²) in [6.07, 6.45) is -3.38. The van der Waals surface area contributed by atoms with Crippen LogP contribution in [0.4, 0.5) is 23.2 Å². The largest absolute Gasteiger partial charge is 0.494 e. The molecule has 154 valence electrons. The first kappa shape index (κ1) is 20.8. The Labute approximate surface area is 163 Å². The third-order valence-electron chi connectivity index (χ3n) is 3.78. The Kier molecular flexibility index (Phi) is 5.60. The molecule has 0 saturated carbocycles. The molecule has 0 saturated heterocycles. The van der Waals surface area contributed by atoms with Gasteiger partial charge < -0.3 is 9.26 Å². The molecule has 3 aromatic rings. The van der Waals surface area contributed by atoms with Gasteiger partial charge in [0.25, 0.3) is 0 Å². The number of methoxy groups -OCH3 is 1. The second-order valence-electron chi connectivity index (χ2n) is 6.09. The molecule has 0 fully saturated rings. The molecule has 0 radical (unpaired) electrons. The first-order valence-corrected chi connectivity index (χ1v) is 10.2. The number of hydrogen-bond donors (Lipinski definition) is 0. The Hall–Kier alpha value is -2.95. The second kappa shape index (κ2) is 7.82. The van der Waals surface area contributed by atoms with Crippen molar-refractivity contribution in [2.24, 2.45) is 4.36 Å². The van der Waals surface area contributed by atoms with Crippen LogP contribution in [0.15, 0.2) is 51.4 Å². The molecule has 3 rings (SSSR count). The summed E-state index contributed by atoms with van der Waals surface area (Å²) in [5.41, 5.74) is 0.641. The van der Waals surface area contributed by atoms with E-state index in [1.54, 1.807) is 6.07 Å². The average molecular weight is 429 g/mol. The molecule has 2 aromatic carbocycles. The van der Waals surface area contributed by atoms with Crippen LogP contribution in [0.3, 0.4) is 0 Å². The predicted octanol–water partition coefficient (Wildman–Crippen LogP) is 4.83. The second-order valence-corrected chi connectivity index (χ2v) is 8.48. The van der Waals surface area contributed by atoms with E-state index in [1.165, 1.54) is 49.8 Å². The summed E-state index contributed by atoms with van der Waals surface area (Å²) in [5.74, 6) is -2.22. The zero-order valence-corrected chi connectivity index (χ0v) is 16.1. The van der Waals surface area contributed by atoms with Gasteiger partial charge in [-0.15, -0.1) is 0 Å². The zero-order chi connectivity index (χ0) is 21.2. The van der Waals surface area contributed by atoms with Crippen LogP contribution in [0.5, 0.6) is 5.75 Å². The number of alkyl halides is 3. The van der Waals surface area contributed by atoms with Gasteiger partial charge >= 0.3 is 12.1 Å². The minimum absolute atomic E-state index is 0.121. The van der Waals surface area contributed by atoms with E-state index in [1.807, 2.05) is 0 Å². The van der Waals surface area contributed by atoms with E-state index in [-0.39, 0.29) is 34.1 Å². The molecule has 11 heteroatoms. The first-order valence-electron chi connectivity index (χ1n) is 8.11. The third-order valence-corrected chi connectivity index (χ3v) is 5.21. The van der Waals surface area contributed by atoms with Crippen LogP contribution in [0.1, 0.15) is 11.5 Å². The van der Waals surface area contributed by atoms with E-state index < -0.39 is 27.6 Å². The Morgan fingerprint density at radius 3 is 2.55 bits per heavy atom. The Morgan fingerprint density at radius 2 is 1.93 bits per heavy atom. The zero-order valence-electron chi connectivity index (χ0n) is 15.2. The minimum Gasteiger partial charge on any atom is -0.494 e. The summed E-state index contributed by atoms with van der Waals surface area (Å²) < 4.78 is 78.2. The number of ether oxygens (including phenoxy) is 1. The van der Waals surface area contributed by atoms with Crippen LogP contribution in [-0.4, -0.2) is 27.7 Å². The number of halogens is 4. The van der Waals surface area contributed by atoms with Crippen molar-refractivity contribution in [3.8, 4) is 17.1 Å². The van der Waals surface area contributed by atoms with Gasteiger partial charge in [-0.25, -0.2) is 8.60 Å². The molecule has 1 atom stereocenters. The fourth-order valence-electron chi connectivity index (χ4n) is 2.49. The molecule has 1 heterocycles. The minimum atomic E-state index is -4.76. The van der Waals surface area contributed by atoms with Crippen LogP contribution < -0.4 is 4.74 Å². The molecule has 1 aromatic heterocycles. The van der Waals surface area contributed by atoms with Crippen molar-refractivity contribution in [3.05, 3.63) is 59.7 Å². The molecular formula is C18H15F4N3O3S. The standard InChI is InChI=1S/C18H15F4N3O3S/c1-27-15-9-11(16-23-17(28-24-16)18(20,21)22)7-8-14(15)25-29(2,26)10-12-5-3-4-6-13(12)19/h3-9H,10H2,1-2H3. The van der Waals surface area contributed by atoms with Gasteiger partial charge in [-0.1, -0.05) is 23.4 Å². The highest BCUT2D eigenvalue weighted by atomic mass is 32.2. The number of hydrogen-bond acceptors (Lipinski definition) is 6. The Balaban J connectivity index is 1.94. The first-order chi connectivity index (χ1) is 13.6. The maximum absolute atomic E-state index is 13.8. The van der Waals surface area contributed by atoms with E-state index in [2.05, 4.69) is 19.0 Å². The molecular weight excluding hydrogens is 414 g/mol. The van der Waals surface area contributed by atoms with Crippen LogP contribution >= 0.6 is 0 Å². The van der Waals surface area contributed by atoms with Crippen molar-refractivity contribution in [2.45, 2.75) is 11.9 Å². The van der Waals surface area contributed by atoms with Crippen LogP contribution in [0, 0.1) is 5.82 Å². The van der Waals surface area contributed by atoms with Gasteiger partial charge in [0.1, 0.15) is 17.3 Å². The molecule has 0 aliphatic rings. The van der Waals surface area contributed by atoms with Gasteiger partial charge in [-0.05, 0) is 24.3 Å². The summed E-state index contributed by atoms with van der Waals surface area (Å²) in [5, 5.41) is 3.31. The SMILES string of the molecule is COc1cc(-c2noc(C(F)(F)F)n2)ccc1N=S(C)(=O)Cc1ccccc1F. The van der Waals surface area contributed by atoms with Gasteiger partial charge in [0.2, 0.25) is 5.82 Å². The van der Waals surface area contributed by atoms with Gasteiger partial charge in [0.05, 0.1) is 22.6 Å². The summed E-state index contributed by atoms with van der Waals surface area (Å²) >= 11 is 0. The lowest BCUT2D eigenvalue weighted by Gasteiger charge is -2.09. The normalized spacial score (nSPS) is 13.7. The summed E-state index contributed by atoms with van der Waals surface area (Å²) in [6, 6.07) is 10.1. The molecule has 1 unspecified atom stereocenters. The van der Waals surface area contributed by atoms with Gasteiger partial charge in [-0.2, -0.15) is 22.5 Å². The lowest BCUT2D eigenvalue weighted by Crippen LogP contribution is -2.04. The van der Waals surface area contributed by atoms with Crippen molar-refractivity contribution in [3.63, 3.8) is 0 Å². The van der Waals surface area contributed by atoms with E-state index in [0.717, 1.165) is 0 Å². The van der Waals surface area contributed by atoms with Crippen molar-refractivity contribution in [1.82, 2.24) is 10.1 Å². The monoisotopic (exact) mass is 429 g/mol. The highest BCUT2D eigenvalue weighted by Crippen LogP contribution is 2.34. The molecule has 6 nitrogen and oxygen atoms in total. The average Bonchev–Trinajstić information content (AvgIpc) is 3.14. The van der Waals surface area contributed by atoms with Gasteiger partial charge in [0.15, 0.2) is 0 Å². The number of benzene rings is 2. The molecule has 0 aliphatic heterocycles. The van der Waals surface area contributed by atoms with Gasteiger partial charge in [0, 0.05) is 17.4 Å². The van der Waals surface area contributed by atoms with E-state index in [9.17, 15) is 21.8 Å². The maximum atomic E-state index is 13.8.